The molecule has 9 heteroatoms. The van der Waals surface area contributed by atoms with Crippen LogP contribution in [0.4, 0.5) is 13.2 Å². The Balaban J connectivity index is 1.84. The zero-order chi connectivity index (χ0) is 20.6. The zero-order valence-corrected chi connectivity index (χ0v) is 16.1. The molecule has 4 rings (SSSR count). The lowest BCUT2D eigenvalue weighted by molar-refractivity contribution is -0.141. The molecule has 0 spiro atoms. The number of sulfonamides is 1. The van der Waals surface area contributed by atoms with Crippen LogP contribution in [0.25, 0.3) is 11.3 Å². The van der Waals surface area contributed by atoms with Gasteiger partial charge in [0.25, 0.3) is 10.0 Å². The van der Waals surface area contributed by atoms with Crippen LogP contribution in [0.5, 0.6) is 0 Å². The second kappa shape index (κ2) is 7.22. The van der Waals surface area contributed by atoms with Gasteiger partial charge in [0.05, 0.1) is 10.6 Å². The molecule has 2 aromatic carbocycles. The van der Waals surface area contributed by atoms with Crippen molar-refractivity contribution in [2.45, 2.75) is 36.8 Å². The predicted octanol–water partition coefficient (Wildman–Crippen LogP) is 4.38. The molecule has 1 N–H and O–H groups in total. The molecule has 29 heavy (non-hydrogen) atoms. The zero-order valence-electron chi connectivity index (χ0n) is 15.3. The van der Waals surface area contributed by atoms with Gasteiger partial charge in [-0.1, -0.05) is 36.4 Å². The molecule has 1 heterocycles. The van der Waals surface area contributed by atoms with E-state index in [-0.39, 0.29) is 10.6 Å². The lowest BCUT2D eigenvalue weighted by Gasteiger charge is -2.20. The summed E-state index contributed by atoms with van der Waals surface area (Å²) in [6, 6.07) is 13.8. The largest absolute Gasteiger partial charge is 0.435 e. The van der Waals surface area contributed by atoms with Crippen molar-refractivity contribution in [2.75, 3.05) is 4.83 Å². The molecule has 3 aromatic rings. The van der Waals surface area contributed by atoms with Crippen molar-refractivity contribution in [3.63, 3.8) is 0 Å². The van der Waals surface area contributed by atoms with Gasteiger partial charge >= 0.3 is 6.18 Å². The first-order valence-electron chi connectivity index (χ1n) is 9.12. The molecule has 1 aromatic heterocycles. The Morgan fingerprint density at radius 3 is 2.41 bits per heavy atom. The average molecular weight is 421 g/mol. The second-order valence-corrected chi connectivity index (χ2v) is 8.54. The van der Waals surface area contributed by atoms with Crippen molar-refractivity contribution in [2.24, 2.45) is 0 Å². The monoisotopic (exact) mass is 421 g/mol. The highest BCUT2D eigenvalue weighted by molar-refractivity contribution is 7.92. The van der Waals surface area contributed by atoms with Crippen LogP contribution in [0.3, 0.4) is 0 Å². The summed E-state index contributed by atoms with van der Waals surface area (Å²) in [7, 11) is -4.11. The highest BCUT2D eigenvalue weighted by Gasteiger charge is 2.36. The fourth-order valence-corrected chi connectivity index (χ4v) is 4.56. The van der Waals surface area contributed by atoms with Crippen LogP contribution < -0.4 is 4.83 Å². The highest BCUT2D eigenvalue weighted by Crippen LogP contribution is 2.35. The van der Waals surface area contributed by atoms with Crippen LogP contribution in [-0.4, -0.2) is 18.3 Å². The van der Waals surface area contributed by atoms with Crippen LogP contribution in [0.2, 0.25) is 0 Å². The van der Waals surface area contributed by atoms with Crippen molar-refractivity contribution in [3.8, 4) is 11.3 Å². The van der Waals surface area contributed by atoms with Gasteiger partial charge in [-0.25, -0.2) is 0 Å². The summed E-state index contributed by atoms with van der Waals surface area (Å²) in [5.74, 6) is 0. The first-order valence-corrected chi connectivity index (χ1v) is 10.6. The topological polar surface area (TPSA) is 64.0 Å². The van der Waals surface area contributed by atoms with Gasteiger partial charge in [0, 0.05) is 5.56 Å². The third kappa shape index (κ3) is 3.87. The van der Waals surface area contributed by atoms with Crippen LogP contribution in [-0.2, 0) is 29.0 Å². The van der Waals surface area contributed by atoms with Gasteiger partial charge in [0.15, 0.2) is 5.69 Å². The standard InChI is InChI=1S/C20H18F3N3O2S/c21-20(22,23)19-13-18(17-12-6-8-14-7-4-5-11-16(14)17)26(24-19)25-29(27,28)15-9-2-1-3-10-15/h1-3,6,8-10,12-13,25H,4-5,7,11H2. The van der Waals surface area contributed by atoms with E-state index in [1.165, 1.54) is 24.3 Å². The molecule has 0 fully saturated rings. The van der Waals surface area contributed by atoms with Gasteiger partial charge < -0.3 is 0 Å². The predicted molar refractivity (Wildman–Crippen MR) is 102 cm³/mol. The molecule has 1 aliphatic carbocycles. The van der Waals surface area contributed by atoms with Gasteiger partial charge in [-0.3, -0.25) is 0 Å². The smallest absolute Gasteiger partial charge is 0.200 e. The summed E-state index contributed by atoms with van der Waals surface area (Å²) < 4.78 is 65.4. The molecule has 5 nitrogen and oxygen atoms in total. The second-order valence-electron chi connectivity index (χ2n) is 6.88. The van der Waals surface area contributed by atoms with E-state index in [0.29, 0.717) is 5.56 Å². The summed E-state index contributed by atoms with van der Waals surface area (Å²) in [4.78, 5) is 2.83. The first-order chi connectivity index (χ1) is 13.8. The number of hydrogen-bond donors (Lipinski definition) is 1. The fraction of sp³-hybridized carbons (Fsp3) is 0.250. The van der Waals surface area contributed by atoms with E-state index in [9.17, 15) is 21.6 Å². The van der Waals surface area contributed by atoms with Crippen LogP contribution in [0.15, 0.2) is 59.5 Å². The van der Waals surface area contributed by atoms with Crippen molar-refractivity contribution >= 4 is 10.0 Å². The number of nitrogens with one attached hydrogen (secondary N) is 1. The number of aromatic nitrogens is 2. The fourth-order valence-electron chi connectivity index (χ4n) is 3.57. The number of fused-ring (bicyclic) bond motifs is 1. The number of halogens is 3. The van der Waals surface area contributed by atoms with E-state index in [0.717, 1.165) is 47.7 Å². The lowest BCUT2D eigenvalue weighted by atomic mass is 9.87. The average Bonchev–Trinajstić information content (AvgIpc) is 3.11. The summed E-state index contributed by atoms with van der Waals surface area (Å²) in [6.45, 7) is 0. The van der Waals surface area contributed by atoms with Crippen LogP contribution in [0.1, 0.15) is 29.7 Å². The minimum atomic E-state index is -4.70. The van der Waals surface area contributed by atoms with E-state index in [1.807, 2.05) is 6.07 Å². The van der Waals surface area contributed by atoms with Crippen molar-refractivity contribution in [3.05, 3.63) is 71.4 Å². The maximum Gasteiger partial charge on any atom is 0.435 e. The van der Waals surface area contributed by atoms with Gasteiger partial charge in [-0.05, 0) is 55.0 Å². The molecule has 0 atom stereocenters. The Morgan fingerprint density at radius 2 is 1.69 bits per heavy atom. The first kappa shape index (κ1) is 19.5. The molecule has 1 aliphatic rings. The molecule has 0 amide bonds. The minimum Gasteiger partial charge on any atom is -0.200 e. The van der Waals surface area contributed by atoms with Gasteiger partial charge in [-0.2, -0.15) is 31.2 Å². The number of hydrogen-bond acceptors (Lipinski definition) is 3. The molecule has 0 unspecified atom stereocenters. The highest BCUT2D eigenvalue weighted by atomic mass is 32.2. The number of alkyl halides is 3. The van der Waals surface area contributed by atoms with E-state index in [4.69, 9.17) is 0 Å². The minimum absolute atomic E-state index is 0.0647. The van der Waals surface area contributed by atoms with E-state index in [2.05, 4.69) is 9.93 Å². The Bertz CT molecular complexity index is 1140. The normalized spacial score (nSPS) is 14.4. The molecular weight excluding hydrogens is 403 g/mol. The van der Waals surface area contributed by atoms with Crippen molar-refractivity contribution in [1.29, 1.82) is 0 Å². The molecule has 0 bridgehead atoms. The molecule has 0 saturated heterocycles. The summed E-state index contributed by atoms with van der Waals surface area (Å²) in [6.07, 6.45) is -1.18. The molecule has 152 valence electrons. The third-order valence-corrected chi connectivity index (χ3v) is 6.24. The van der Waals surface area contributed by atoms with Crippen LogP contribution in [0, 0.1) is 0 Å². The number of nitrogens with zero attached hydrogens (tertiary/aromatic N) is 2. The summed E-state index contributed by atoms with van der Waals surface area (Å²) in [5, 5.41) is 3.52. The Labute approximate surface area is 166 Å². The van der Waals surface area contributed by atoms with E-state index in [1.54, 1.807) is 18.2 Å². The number of aryl methyl sites for hydroxylation is 1. The maximum absolute atomic E-state index is 13.3. The molecule has 0 aliphatic heterocycles. The SMILES string of the molecule is O=S(=O)(Nn1nc(C(F)(F)F)cc1-c1cccc2c1CCCC2)c1ccccc1. The van der Waals surface area contributed by atoms with Crippen LogP contribution >= 0.6 is 0 Å². The Hall–Kier alpha value is -2.81. The number of benzene rings is 2. The van der Waals surface area contributed by atoms with E-state index < -0.39 is 21.9 Å². The summed E-state index contributed by atoms with van der Waals surface area (Å²) >= 11 is 0. The van der Waals surface area contributed by atoms with Crippen molar-refractivity contribution < 1.29 is 21.6 Å². The Kier molecular flexibility index (Phi) is 4.85. The van der Waals surface area contributed by atoms with Gasteiger partial charge in [-0.15, -0.1) is 5.10 Å². The lowest BCUT2D eigenvalue weighted by Crippen LogP contribution is -2.26. The molecule has 0 radical (unpaired) electrons. The quantitative estimate of drug-likeness (QED) is 0.680. The van der Waals surface area contributed by atoms with Gasteiger partial charge in [0.2, 0.25) is 0 Å². The maximum atomic E-state index is 13.3. The number of rotatable bonds is 4. The van der Waals surface area contributed by atoms with Gasteiger partial charge in [0.1, 0.15) is 0 Å². The molecular formula is C20H18F3N3O2S. The third-order valence-electron chi connectivity index (χ3n) is 4.93. The van der Waals surface area contributed by atoms with E-state index >= 15 is 0 Å². The Morgan fingerprint density at radius 1 is 0.966 bits per heavy atom. The van der Waals surface area contributed by atoms with Crippen molar-refractivity contribution in [1.82, 2.24) is 9.89 Å². The molecule has 0 saturated carbocycles. The summed E-state index contributed by atoms with van der Waals surface area (Å²) in [5.41, 5.74) is 1.47.